The molecule has 4 nitrogen and oxygen atoms in total. The summed E-state index contributed by atoms with van der Waals surface area (Å²) in [6, 6.07) is -0.396. The lowest BCUT2D eigenvalue weighted by atomic mass is 10.1. The average Bonchev–Trinajstić information content (AvgIpc) is 2.21. The van der Waals surface area contributed by atoms with Gasteiger partial charge in [-0.15, -0.1) is 0 Å². The van der Waals surface area contributed by atoms with Crippen molar-refractivity contribution >= 4 is 5.91 Å². The maximum atomic E-state index is 11.5. The molecule has 0 heterocycles. The van der Waals surface area contributed by atoms with E-state index < -0.39 is 6.04 Å². The lowest BCUT2D eigenvalue weighted by molar-refractivity contribution is -0.123. The maximum absolute atomic E-state index is 11.5. The third-order valence-electron chi connectivity index (χ3n) is 2.34. The number of carbonyl (C=O) groups is 1. The van der Waals surface area contributed by atoms with Crippen LogP contribution in [0.1, 0.15) is 40.5 Å². The predicted molar refractivity (Wildman–Crippen MR) is 66.1 cm³/mol. The molecule has 96 valence electrons. The van der Waals surface area contributed by atoms with Gasteiger partial charge in [-0.2, -0.15) is 0 Å². The molecule has 1 amide bonds. The molecule has 0 spiro atoms. The fourth-order valence-electron chi connectivity index (χ4n) is 1.18. The monoisotopic (exact) mass is 230 g/mol. The van der Waals surface area contributed by atoms with Crippen molar-refractivity contribution in [2.45, 2.75) is 52.7 Å². The summed E-state index contributed by atoms with van der Waals surface area (Å²) in [7, 11) is 0. The van der Waals surface area contributed by atoms with Gasteiger partial charge in [0.1, 0.15) is 0 Å². The van der Waals surface area contributed by atoms with Crippen LogP contribution in [0.15, 0.2) is 0 Å². The van der Waals surface area contributed by atoms with Crippen molar-refractivity contribution in [3.8, 4) is 0 Å². The molecule has 0 rings (SSSR count). The Morgan fingerprint density at radius 3 is 2.38 bits per heavy atom. The van der Waals surface area contributed by atoms with Gasteiger partial charge in [0.2, 0.25) is 5.91 Å². The smallest absolute Gasteiger partial charge is 0.237 e. The Kier molecular flexibility index (Phi) is 8.21. The first-order valence-corrected chi connectivity index (χ1v) is 6.10. The van der Waals surface area contributed by atoms with Gasteiger partial charge in [-0.25, -0.2) is 0 Å². The van der Waals surface area contributed by atoms with E-state index in [0.717, 1.165) is 19.4 Å². The predicted octanol–water partition coefficient (Wildman–Crippen LogP) is 1.29. The van der Waals surface area contributed by atoms with Crippen LogP contribution in [0.2, 0.25) is 0 Å². The normalized spacial score (nSPS) is 13.2. The number of carbonyl (C=O) groups excluding carboxylic acids is 1. The number of rotatable bonds is 8. The number of amides is 1. The van der Waals surface area contributed by atoms with Crippen LogP contribution < -0.4 is 11.1 Å². The van der Waals surface area contributed by atoms with E-state index in [2.05, 4.69) is 5.32 Å². The first kappa shape index (κ1) is 15.4. The average molecular weight is 230 g/mol. The minimum absolute atomic E-state index is 0.0558. The van der Waals surface area contributed by atoms with E-state index in [9.17, 15) is 4.79 Å². The summed E-state index contributed by atoms with van der Waals surface area (Å²) in [5.74, 6) is 0.129. The van der Waals surface area contributed by atoms with Gasteiger partial charge in [0.05, 0.1) is 12.1 Å². The molecule has 4 heteroatoms. The molecule has 0 fully saturated rings. The Morgan fingerprint density at radius 1 is 1.25 bits per heavy atom. The zero-order valence-corrected chi connectivity index (χ0v) is 11.0. The first-order chi connectivity index (χ1) is 7.45. The van der Waals surface area contributed by atoms with E-state index in [1.807, 2.05) is 27.7 Å². The summed E-state index contributed by atoms with van der Waals surface area (Å²) < 4.78 is 5.40. The van der Waals surface area contributed by atoms with Crippen molar-refractivity contribution in [3.05, 3.63) is 0 Å². The molecule has 0 aliphatic rings. The van der Waals surface area contributed by atoms with Gasteiger partial charge in [-0.1, -0.05) is 13.8 Å². The number of unbranched alkanes of at least 4 members (excludes halogenated alkanes) is 1. The van der Waals surface area contributed by atoms with E-state index in [-0.39, 0.29) is 17.9 Å². The third kappa shape index (κ3) is 7.65. The lowest BCUT2D eigenvalue weighted by Crippen LogP contribution is -2.44. The van der Waals surface area contributed by atoms with Gasteiger partial charge in [0, 0.05) is 13.2 Å². The second-order valence-corrected chi connectivity index (χ2v) is 4.69. The number of hydrogen-bond acceptors (Lipinski definition) is 3. The van der Waals surface area contributed by atoms with Gasteiger partial charge in [0.15, 0.2) is 0 Å². The molecule has 0 unspecified atom stereocenters. The van der Waals surface area contributed by atoms with Crippen LogP contribution in [0.25, 0.3) is 0 Å². The van der Waals surface area contributed by atoms with Crippen molar-refractivity contribution in [1.29, 1.82) is 0 Å². The highest BCUT2D eigenvalue weighted by atomic mass is 16.5. The molecule has 1 atom stereocenters. The Bertz CT molecular complexity index is 193. The largest absolute Gasteiger partial charge is 0.379 e. The SMILES string of the molecule is CC(C)OCCCCNC(=O)[C@@H](N)C(C)C. The van der Waals surface area contributed by atoms with Crippen LogP contribution in [0.4, 0.5) is 0 Å². The van der Waals surface area contributed by atoms with Crippen molar-refractivity contribution in [2.24, 2.45) is 11.7 Å². The van der Waals surface area contributed by atoms with Crippen LogP contribution in [0, 0.1) is 5.92 Å². The summed E-state index contributed by atoms with van der Waals surface area (Å²) in [6.45, 7) is 9.36. The van der Waals surface area contributed by atoms with Gasteiger partial charge >= 0.3 is 0 Å². The zero-order chi connectivity index (χ0) is 12.6. The molecule has 0 aromatic heterocycles. The summed E-state index contributed by atoms with van der Waals surface area (Å²) in [6.07, 6.45) is 2.18. The van der Waals surface area contributed by atoms with Gasteiger partial charge in [-0.3, -0.25) is 4.79 Å². The second kappa shape index (κ2) is 8.53. The van der Waals surface area contributed by atoms with E-state index >= 15 is 0 Å². The highest BCUT2D eigenvalue weighted by Crippen LogP contribution is 1.98. The van der Waals surface area contributed by atoms with Gasteiger partial charge < -0.3 is 15.8 Å². The Balaban J connectivity index is 3.41. The zero-order valence-electron chi connectivity index (χ0n) is 11.0. The number of nitrogens with one attached hydrogen (secondary N) is 1. The topological polar surface area (TPSA) is 64.3 Å². The Hall–Kier alpha value is -0.610. The fraction of sp³-hybridized carbons (Fsp3) is 0.917. The second-order valence-electron chi connectivity index (χ2n) is 4.69. The minimum atomic E-state index is -0.396. The molecular weight excluding hydrogens is 204 g/mol. The molecule has 0 aromatic rings. The Morgan fingerprint density at radius 2 is 1.88 bits per heavy atom. The van der Waals surface area contributed by atoms with Crippen molar-refractivity contribution in [2.75, 3.05) is 13.2 Å². The molecule has 3 N–H and O–H groups in total. The van der Waals surface area contributed by atoms with Crippen LogP contribution >= 0.6 is 0 Å². The molecule has 0 radical (unpaired) electrons. The number of hydrogen-bond donors (Lipinski definition) is 2. The molecular formula is C12H26N2O2. The van der Waals surface area contributed by atoms with Crippen LogP contribution in [0.3, 0.4) is 0 Å². The van der Waals surface area contributed by atoms with Crippen LogP contribution in [-0.4, -0.2) is 31.2 Å². The van der Waals surface area contributed by atoms with Crippen molar-refractivity contribution in [3.63, 3.8) is 0 Å². The minimum Gasteiger partial charge on any atom is -0.379 e. The van der Waals surface area contributed by atoms with Crippen LogP contribution in [-0.2, 0) is 9.53 Å². The Labute approximate surface area is 98.9 Å². The van der Waals surface area contributed by atoms with Gasteiger partial charge in [-0.05, 0) is 32.6 Å². The lowest BCUT2D eigenvalue weighted by Gasteiger charge is -2.15. The third-order valence-corrected chi connectivity index (χ3v) is 2.34. The summed E-state index contributed by atoms with van der Waals surface area (Å²) in [4.78, 5) is 11.5. The highest BCUT2D eigenvalue weighted by molar-refractivity contribution is 5.81. The molecule has 0 saturated carbocycles. The quantitative estimate of drug-likeness (QED) is 0.618. The summed E-state index contributed by atoms with van der Waals surface area (Å²) >= 11 is 0. The summed E-state index contributed by atoms with van der Waals surface area (Å²) in [5.41, 5.74) is 5.70. The molecule has 0 bridgehead atoms. The number of nitrogens with two attached hydrogens (primary N) is 1. The molecule has 16 heavy (non-hydrogen) atoms. The molecule has 0 saturated heterocycles. The van der Waals surface area contributed by atoms with E-state index in [4.69, 9.17) is 10.5 Å². The van der Waals surface area contributed by atoms with Crippen LogP contribution in [0.5, 0.6) is 0 Å². The first-order valence-electron chi connectivity index (χ1n) is 6.10. The van der Waals surface area contributed by atoms with Gasteiger partial charge in [0.25, 0.3) is 0 Å². The van der Waals surface area contributed by atoms with E-state index in [1.54, 1.807) is 0 Å². The summed E-state index contributed by atoms with van der Waals surface area (Å²) in [5, 5.41) is 2.83. The number of ether oxygens (including phenoxy) is 1. The fourth-order valence-corrected chi connectivity index (χ4v) is 1.18. The maximum Gasteiger partial charge on any atom is 0.237 e. The van der Waals surface area contributed by atoms with E-state index in [1.165, 1.54) is 0 Å². The molecule has 0 aliphatic carbocycles. The van der Waals surface area contributed by atoms with E-state index in [0.29, 0.717) is 6.54 Å². The molecule has 0 aliphatic heterocycles. The van der Waals surface area contributed by atoms with Crippen molar-refractivity contribution < 1.29 is 9.53 Å². The highest BCUT2D eigenvalue weighted by Gasteiger charge is 2.15. The standard InChI is InChI=1S/C12H26N2O2/c1-9(2)11(13)12(15)14-7-5-6-8-16-10(3)4/h9-11H,5-8,13H2,1-4H3,(H,14,15)/t11-/m0/s1. The van der Waals surface area contributed by atoms with Crippen molar-refractivity contribution in [1.82, 2.24) is 5.32 Å². The molecule has 0 aromatic carbocycles.